The van der Waals surface area contributed by atoms with Gasteiger partial charge in [0.05, 0.1) is 0 Å². The molecule has 0 saturated carbocycles. The van der Waals surface area contributed by atoms with Gasteiger partial charge in [0.15, 0.2) is 0 Å². The van der Waals surface area contributed by atoms with Gasteiger partial charge in [0.25, 0.3) is 10.2 Å². The van der Waals surface area contributed by atoms with Crippen LogP contribution in [0.15, 0.2) is 0 Å². The van der Waals surface area contributed by atoms with Crippen LogP contribution in [0.2, 0.25) is 0 Å². The average Bonchev–Trinajstić information content (AvgIpc) is 2.62. The Hall–Kier alpha value is -0.660. The first kappa shape index (κ1) is 14.4. The molecule has 0 radical (unpaired) electrons. The zero-order valence-electron chi connectivity index (χ0n) is 10.5. The molecule has 0 aromatic heterocycles. The maximum absolute atomic E-state index is 12.2. The van der Waals surface area contributed by atoms with Crippen molar-refractivity contribution >= 4 is 16.2 Å². The van der Waals surface area contributed by atoms with Gasteiger partial charge in [-0.05, 0) is 12.3 Å². The van der Waals surface area contributed by atoms with Crippen molar-refractivity contribution in [2.75, 3.05) is 19.6 Å². The molecule has 2 atom stereocenters. The fourth-order valence-corrected chi connectivity index (χ4v) is 4.11. The average molecular weight is 264 g/mol. The fraction of sp³-hybridized carbons (Fsp3) is 0.900. The third kappa shape index (κ3) is 2.61. The fourth-order valence-electron chi connectivity index (χ4n) is 2.24. The number of nitrogens with zero attached hydrogens (tertiary/aromatic N) is 2. The van der Waals surface area contributed by atoms with E-state index in [9.17, 15) is 13.2 Å². The quantitative estimate of drug-likeness (QED) is 0.778. The molecular weight excluding hydrogens is 244 g/mol. The zero-order valence-corrected chi connectivity index (χ0v) is 11.3. The van der Waals surface area contributed by atoms with Gasteiger partial charge in [0.1, 0.15) is 6.04 Å². The molecule has 1 heterocycles. The molecule has 0 spiro atoms. The van der Waals surface area contributed by atoms with E-state index in [-0.39, 0.29) is 12.5 Å². The Morgan fingerprint density at radius 2 is 1.94 bits per heavy atom. The van der Waals surface area contributed by atoms with E-state index in [4.69, 9.17) is 5.11 Å². The minimum atomic E-state index is -3.64. The Kier molecular flexibility index (Phi) is 4.51. The van der Waals surface area contributed by atoms with Crippen LogP contribution in [0.4, 0.5) is 0 Å². The summed E-state index contributed by atoms with van der Waals surface area (Å²) in [4.78, 5) is 11.1. The lowest BCUT2D eigenvalue weighted by molar-refractivity contribution is -0.141. The van der Waals surface area contributed by atoms with Crippen molar-refractivity contribution < 1.29 is 18.3 Å². The zero-order chi connectivity index (χ0) is 13.2. The van der Waals surface area contributed by atoms with Gasteiger partial charge in [-0.25, -0.2) is 0 Å². The third-order valence-electron chi connectivity index (χ3n) is 3.24. The molecule has 2 unspecified atom stereocenters. The van der Waals surface area contributed by atoms with Crippen molar-refractivity contribution in [3.05, 3.63) is 0 Å². The van der Waals surface area contributed by atoms with Gasteiger partial charge >= 0.3 is 5.97 Å². The Labute approximate surface area is 102 Å². The van der Waals surface area contributed by atoms with E-state index in [2.05, 4.69) is 0 Å². The van der Waals surface area contributed by atoms with E-state index >= 15 is 0 Å². The van der Waals surface area contributed by atoms with Crippen molar-refractivity contribution in [2.45, 2.75) is 33.2 Å². The van der Waals surface area contributed by atoms with Crippen molar-refractivity contribution in [2.24, 2.45) is 5.92 Å². The molecule has 6 nitrogen and oxygen atoms in total. The molecule has 1 fully saturated rings. The summed E-state index contributed by atoms with van der Waals surface area (Å²) in [6.45, 7) is 6.27. The lowest BCUT2D eigenvalue weighted by Gasteiger charge is -2.28. The Morgan fingerprint density at radius 3 is 2.35 bits per heavy atom. The number of carboxylic acids is 1. The Morgan fingerprint density at radius 1 is 1.41 bits per heavy atom. The van der Waals surface area contributed by atoms with Crippen LogP contribution in [-0.4, -0.2) is 53.8 Å². The van der Waals surface area contributed by atoms with Gasteiger partial charge in [0, 0.05) is 19.6 Å². The van der Waals surface area contributed by atoms with E-state index in [0.29, 0.717) is 19.5 Å². The molecule has 17 heavy (non-hydrogen) atoms. The van der Waals surface area contributed by atoms with Crippen LogP contribution in [0.25, 0.3) is 0 Å². The molecule has 0 bridgehead atoms. The van der Waals surface area contributed by atoms with Crippen LogP contribution < -0.4 is 0 Å². The van der Waals surface area contributed by atoms with Crippen LogP contribution in [-0.2, 0) is 15.0 Å². The summed E-state index contributed by atoms with van der Waals surface area (Å²) >= 11 is 0. The second-order valence-corrected chi connectivity index (χ2v) is 6.13. The summed E-state index contributed by atoms with van der Waals surface area (Å²) in [6, 6.07) is -0.930. The highest BCUT2D eigenvalue weighted by atomic mass is 32.2. The van der Waals surface area contributed by atoms with Gasteiger partial charge in [-0.1, -0.05) is 20.8 Å². The van der Waals surface area contributed by atoms with E-state index in [1.54, 1.807) is 20.8 Å². The standard InChI is InChI=1S/C10H20N2O4S/c1-4-11(5-2)17(15,16)12-7-6-8(3)9(12)10(13)14/h8-9H,4-7H2,1-3H3,(H,13,14). The summed E-state index contributed by atoms with van der Waals surface area (Å²) < 4.78 is 26.9. The van der Waals surface area contributed by atoms with Gasteiger partial charge in [-0.2, -0.15) is 17.0 Å². The minimum absolute atomic E-state index is 0.141. The third-order valence-corrected chi connectivity index (χ3v) is 5.41. The van der Waals surface area contributed by atoms with Crippen LogP contribution in [0.5, 0.6) is 0 Å². The van der Waals surface area contributed by atoms with E-state index in [1.807, 2.05) is 0 Å². The van der Waals surface area contributed by atoms with Crippen molar-refractivity contribution in [3.8, 4) is 0 Å². The topological polar surface area (TPSA) is 77.9 Å². The first-order valence-corrected chi connectivity index (χ1v) is 7.25. The molecule has 1 saturated heterocycles. The molecule has 0 amide bonds. The lowest BCUT2D eigenvalue weighted by atomic mass is 10.0. The molecule has 1 N–H and O–H groups in total. The highest BCUT2D eigenvalue weighted by Gasteiger charge is 2.44. The molecule has 1 aliphatic rings. The predicted molar refractivity (Wildman–Crippen MR) is 63.8 cm³/mol. The lowest BCUT2D eigenvalue weighted by Crippen LogP contribution is -2.49. The first-order valence-electron chi connectivity index (χ1n) is 5.85. The highest BCUT2D eigenvalue weighted by Crippen LogP contribution is 2.28. The maximum Gasteiger partial charge on any atom is 0.322 e. The van der Waals surface area contributed by atoms with Crippen molar-refractivity contribution in [1.29, 1.82) is 0 Å². The molecule has 0 aliphatic carbocycles. The minimum Gasteiger partial charge on any atom is -0.480 e. The second-order valence-electron chi connectivity index (χ2n) is 4.25. The van der Waals surface area contributed by atoms with Crippen LogP contribution in [0.3, 0.4) is 0 Å². The smallest absolute Gasteiger partial charge is 0.322 e. The van der Waals surface area contributed by atoms with Gasteiger partial charge in [-0.3, -0.25) is 4.79 Å². The van der Waals surface area contributed by atoms with Crippen LogP contribution in [0, 0.1) is 5.92 Å². The Balaban J connectivity index is 3.03. The summed E-state index contributed by atoms with van der Waals surface area (Å²) in [5.41, 5.74) is 0. The van der Waals surface area contributed by atoms with Crippen LogP contribution in [0.1, 0.15) is 27.2 Å². The number of rotatable bonds is 5. The second kappa shape index (κ2) is 5.32. The van der Waals surface area contributed by atoms with E-state index in [1.165, 1.54) is 4.31 Å². The van der Waals surface area contributed by atoms with Gasteiger partial charge in [-0.15, -0.1) is 0 Å². The van der Waals surface area contributed by atoms with E-state index in [0.717, 1.165) is 4.31 Å². The normalized spacial score (nSPS) is 26.6. The molecule has 1 rings (SSSR count). The molecule has 0 aromatic rings. The largest absolute Gasteiger partial charge is 0.480 e. The number of hydrogen-bond donors (Lipinski definition) is 1. The van der Waals surface area contributed by atoms with E-state index < -0.39 is 22.2 Å². The number of carbonyl (C=O) groups is 1. The highest BCUT2D eigenvalue weighted by molar-refractivity contribution is 7.86. The maximum atomic E-state index is 12.2. The molecule has 7 heteroatoms. The van der Waals surface area contributed by atoms with Gasteiger partial charge < -0.3 is 5.11 Å². The monoisotopic (exact) mass is 264 g/mol. The molecule has 100 valence electrons. The number of aliphatic carboxylic acids is 1. The summed E-state index contributed by atoms with van der Waals surface area (Å²) in [5, 5.41) is 9.12. The Bertz CT molecular complexity index is 378. The van der Waals surface area contributed by atoms with Crippen molar-refractivity contribution in [3.63, 3.8) is 0 Å². The first-order chi connectivity index (χ1) is 7.86. The summed E-state index contributed by atoms with van der Waals surface area (Å²) in [5.74, 6) is -1.21. The molecular formula is C10H20N2O4S. The summed E-state index contributed by atoms with van der Waals surface area (Å²) in [7, 11) is -3.64. The SMILES string of the molecule is CCN(CC)S(=O)(=O)N1CCC(C)C1C(=O)O. The van der Waals surface area contributed by atoms with Gasteiger partial charge in [0.2, 0.25) is 0 Å². The number of carboxylic acid groups (broad SMARTS) is 1. The van der Waals surface area contributed by atoms with Crippen LogP contribution >= 0.6 is 0 Å². The predicted octanol–water partition coefficient (Wildman–Crippen LogP) is 0.368. The molecule has 1 aliphatic heterocycles. The number of hydrogen-bond acceptors (Lipinski definition) is 3. The molecule has 0 aromatic carbocycles. The summed E-state index contributed by atoms with van der Waals surface area (Å²) in [6.07, 6.45) is 0.595. The van der Waals surface area contributed by atoms with Crippen molar-refractivity contribution in [1.82, 2.24) is 8.61 Å².